The number of hydrogen-bond acceptors (Lipinski definition) is 12. The van der Waals surface area contributed by atoms with Gasteiger partial charge in [0.25, 0.3) is 31.9 Å². The van der Waals surface area contributed by atoms with E-state index in [1.165, 1.54) is 87.7 Å². The lowest BCUT2D eigenvalue weighted by Crippen LogP contribution is -3.04. The first-order valence-corrected chi connectivity index (χ1v) is 19.5. The number of pyridine rings is 2. The van der Waals surface area contributed by atoms with Crippen LogP contribution < -0.4 is 31.5 Å². The molecule has 0 spiro atoms. The standard InChI is InChI=1S/2C13H11N3O4S2.C4H10N2/c2*1-16-10(13(18)15-9-4-2-3-6-14-9)11(17)12-8(5-7-21-12)22(16,19)20;1-2-6-4-3-5-1/h2*2-7,17H,1H3,(H,14,15,18);5-6H,1-4H2. The van der Waals surface area contributed by atoms with Gasteiger partial charge in [-0.1, -0.05) is 23.7 Å². The molecule has 2 amide bonds. The van der Waals surface area contributed by atoms with Crippen LogP contribution in [0.2, 0.25) is 0 Å². The lowest BCUT2D eigenvalue weighted by molar-refractivity contribution is -0.787. The molecule has 20 heteroatoms. The Bertz CT molecular complexity index is 1990. The lowest BCUT2D eigenvalue weighted by Gasteiger charge is -2.31. The number of nitrogens with two attached hydrogens (primary N) is 2. The van der Waals surface area contributed by atoms with E-state index in [1.807, 2.05) is 0 Å². The van der Waals surface area contributed by atoms with Crippen LogP contribution in [-0.2, 0) is 29.6 Å². The van der Waals surface area contributed by atoms with Gasteiger partial charge >= 0.3 is 0 Å². The Balaban J connectivity index is 0.000000167. The average Bonchev–Trinajstić information content (AvgIpc) is 3.82. The van der Waals surface area contributed by atoms with E-state index in [-0.39, 0.29) is 31.2 Å². The number of nitrogens with zero attached hydrogens (tertiary/aromatic N) is 4. The monoisotopic (exact) mass is 760 g/mol. The number of fused-ring (bicyclic) bond motifs is 2. The Morgan fingerprint density at radius 3 is 1.38 bits per heavy atom. The first kappa shape index (κ1) is 36.4. The highest BCUT2D eigenvalue weighted by molar-refractivity contribution is 7.90. The van der Waals surface area contributed by atoms with E-state index < -0.39 is 54.8 Å². The maximum atomic E-state index is 12.4. The number of thiophene rings is 2. The Morgan fingerprint density at radius 1 is 0.680 bits per heavy atom. The lowest BCUT2D eigenvalue weighted by atomic mass is 10.3. The molecule has 4 aromatic heterocycles. The average molecular weight is 761 g/mol. The molecule has 16 nitrogen and oxygen atoms in total. The van der Waals surface area contributed by atoms with Gasteiger partial charge in [0.2, 0.25) is 0 Å². The molecule has 0 radical (unpaired) electrons. The van der Waals surface area contributed by atoms with Crippen molar-refractivity contribution >= 4 is 77.7 Å². The zero-order chi connectivity index (χ0) is 36.1. The number of aromatic nitrogens is 2. The van der Waals surface area contributed by atoms with Crippen molar-refractivity contribution in [1.82, 2.24) is 18.6 Å². The van der Waals surface area contributed by atoms with Gasteiger partial charge in [0.05, 0.1) is 0 Å². The number of hydrogen-bond donors (Lipinski definition) is 4. The first-order chi connectivity index (χ1) is 23.9. The summed E-state index contributed by atoms with van der Waals surface area (Å²) in [6, 6.07) is 12.5. The number of carbonyl (C=O) groups is 2. The van der Waals surface area contributed by atoms with E-state index in [0.29, 0.717) is 8.61 Å². The van der Waals surface area contributed by atoms with Crippen molar-refractivity contribution in [2.75, 3.05) is 50.9 Å². The van der Waals surface area contributed by atoms with E-state index in [1.54, 1.807) is 24.3 Å². The molecule has 0 unspecified atom stereocenters. The van der Waals surface area contributed by atoms with Crippen molar-refractivity contribution in [1.29, 1.82) is 0 Å². The van der Waals surface area contributed by atoms with Crippen LogP contribution >= 0.6 is 22.7 Å². The zero-order valence-corrected chi connectivity index (χ0v) is 29.9. The molecule has 264 valence electrons. The molecule has 1 fully saturated rings. The predicted octanol–water partition coefficient (Wildman–Crippen LogP) is -1.98. The molecule has 3 aliphatic heterocycles. The fourth-order valence-electron chi connectivity index (χ4n) is 4.85. The second-order valence-electron chi connectivity index (χ2n) is 10.6. The number of rotatable bonds is 4. The zero-order valence-electron chi connectivity index (χ0n) is 26.6. The third-order valence-electron chi connectivity index (χ3n) is 7.40. The molecule has 0 saturated carbocycles. The van der Waals surface area contributed by atoms with Crippen LogP contribution in [0.25, 0.3) is 11.5 Å². The minimum Gasteiger partial charge on any atom is -0.870 e. The summed E-state index contributed by atoms with van der Waals surface area (Å²) in [5, 5.41) is 37.4. The van der Waals surface area contributed by atoms with Crippen molar-refractivity contribution in [2.24, 2.45) is 0 Å². The SMILES string of the molecule is C1C[NH2+]CC[NH2+]1.CN1C(C(=O)Nc2ccccn2)=C([O-])c2sccc2S1(=O)=O.CN1C(C(=O)Nc2ccccn2)=C([O-])c2sccc2S1(=O)=O. The van der Waals surface area contributed by atoms with Gasteiger partial charge in [0.15, 0.2) is 0 Å². The van der Waals surface area contributed by atoms with E-state index in [4.69, 9.17) is 0 Å². The molecule has 0 aromatic carbocycles. The van der Waals surface area contributed by atoms with Gasteiger partial charge in [-0.15, -0.1) is 22.7 Å². The highest BCUT2D eigenvalue weighted by Crippen LogP contribution is 2.38. The van der Waals surface area contributed by atoms with Gasteiger partial charge in [-0.25, -0.2) is 26.8 Å². The van der Waals surface area contributed by atoms with E-state index >= 15 is 0 Å². The van der Waals surface area contributed by atoms with Crippen LogP contribution in [0.3, 0.4) is 0 Å². The summed E-state index contributed by atoms with van der Waals surface area (Å²) in [7, 11) is -5.42. The van der Waals surface area contributed by atoms with Crippen LogP contribution in [0.15, 0.2) is 92.9 Å². The van der Waals surface area contributed by atoms with Crippen LogP contribution in [0, 0.1) is 0 Å². The number of anilines is 2. The van der Waals surface area contributed by atoms with Crippen LogP contribution in [0.1, 0.15) is 9.75 Å². The smallest absolute Gasteiger partial charge is 0.273 e. The predicted molar refractivity (Wildman–Crippen MR) is 181 cm³/mol. The molecule has 0 aliphatic carbocycles. The number of sulfonamides is 2. The maximum absolute atomic E-state index is 12.4. The fraction of sp³-hybridized carbons (Fsp3) is 0.200. The number of quaternary nitrogens is 2. The fourth-order valence-corrected chi connectivity index (χ4v) is 9.93. The van der Waals surface area contributed by atoms with Crippen molar-refractivity contribution in [2.45, 2.75) is 9.79 Å². The molecular weight excluding hydrogens is 729 g/mol. The number of amides is 2. The number of likely N-dealkylation sites (N-methyl/N-ethyl adjacent to an activating group) is 2. The third kappa shape index (κ3) is 7.49. The van der Waals surface area contributed by atoms with Crippen LogP contribution in [0.4, 0.5) is 11.6 Å². The van der Waals surface area contributed by atoms with Crippen LogP contribution in [0.5, 0.6) is 0 Å². The molecule has 4 aromatic rings. The third-order valence-corrected chi connectivity index (χ3v) is 13.1. The number of carbonyl (C=O) groups excluding carboxylic acids is 2. The van der Waals surface area contributed by atoms with E-state index in [0.717, 1.165) is 22.7 Å². The molecule has 0 bridgehead atoms. The summed E-state index contributed by atoms with van der Waals surface area (Å²) in [5.74, 6) is -2.39. The summed E-state index contributed by atoms with van der Waals surface area (Å²) >= 11 is 1.99. The summed E-state index contributed by atoms with van der Waals surface area (Å²) in [6.07, 6.45) is 2.95. The van der Waals surface area contributed by atoms with Crippen molar-refractivity contribution in [3.8, 4) is 0 Å². The highest BCUT2D eigenvalue weighted by Gasteiger charge is 2.36. The largest absolute Gasteiger partial charge is 0.870 e. The Morgan fingerprint density at radius 2 is 1.06 bits per heavy atom. The Kier molecular flexibility index (Phi) is 11.2. The molecule has 7 rings (SSSR count). The molecule has 3 aliphatic rings. The second kappa shape index (κ2) is 15.4. The second-order valence-corrected chi connectivity index (χ2v) is 16.3. The summed E-state index contributed by atoms with van der Waals surface area (Å²) < 4.78 is 50.8. The van der Waals surface area contributed by atoms with E-state index in [9.17, 15) is 36.6 Å². The van der Waals surface area contributed by atoms with Crippen molar-refractivity contribution in [3.05, 3.63) is 92.8 Å². The number of piperazine rings is 1. The normalized spacial score (nSPS) is 17.2. The van der Waals surface area contributed by atoms with Gasteiger partial charge in [-0.05, 0) is 47.2 Å². The summed E-state index contributed by atoms with van der Waals surface area (Å²) in [6.45, 7) is 5.28. The highest BCUT2D eigenvalue weighted by atomic mass is 32.2. The minimum atomic E-state index is -3.89. The molecule has 7 heterocycles. The quantitative estimate of drug-likeness (QED) is 0.179. The van der Waals surface area contributed by atoms with Gasteiger partial charge in [-0.2, -0.15) is 0 Å². The topological polar surface area (TPSA) is 238 Å². The maximum Gasteiger partial charge on any atom is 0.273 e. The minimum absolute atomic E-state index is 0.0456. The van der Waals surface area contributed by atoms with Gasteiger partial charge in [-0.3, -0.25) is 18.2 Å². The van der Waals surface area contributed by atoms with Gasteiger partial charge < -0.3 is 31.5 Å². The summed E-state index contributed by atoms with van der Waals surface area (Å²) in [4.78, 5) is 32.4. The van der Waals surface area contributed by atoms with E-state index in [2.05, 4.69) is 31.2 Å². The van der Waals surface area contributed by atoms with Gasteiger partial charge in [0.1, 0.15) is 59.0 Å². The molecular formula is C30H32N8O8S4. The van der Waals surface area contributed by atoms with Crippen molar-refractivity contribution in [3.63, 3.8) is 0 Å². The van der Waals surface area contributed by atoms with Crippen molar-refractivity contribution < 1.29 is 47.3 Å². The molecule has 0 atom stereocenters. The van der Waals surface area contributed by atoms with Crippen LogP contribution in [-0.4, -0.2) is 87.5 Å². The van der Waals surface area contributed by atoms with Gasteiger partial charge in [0, 0.05) is 36.2 Å². The Labute approximate surface area is 295 Å². The molecule has 6 N–H and O–H groups in total. The Hall–Kier alpha value is -4.86. The summed E-state index contributed by atoms with van der Waals surface area (Å²) in [5.41, 5.74) is -0.888. The molecule has 1 saturated heterocycles. The first-order valence-electron chi connectivity index (χ1n) is 14.9. The molecule has 50 heavy (non-hydrogen) atoms. The number of nitrogens with one attached hydrogen (secondary N) is 2.